The van der Waals surface area contributed by atoms with Gasteiger partial charge in [0.15, 0.2) is 0 Å². The van der Waals surface area contributed by atoms with E-state index in [2.05, 4.69) is 27.4 Å². The van der Waals surface area contributed by atoms with Crippen molar-refractivity contribution in [2.75, 3.05) is 6.54 Å². The molecule has 0 bridgehead atoms. The van der Waals surface area contributed by atoms with Gasteiger partial charge in [-0.25, -0.2) is 0 Å². The summed E-state index contributed by atoms with van der Waals surface area (Å²) in [5.41, 5.74) is 0. The van der Waals surface area contributed by atoms with Crippen LogP contribution in [-0.2, 0) is 0 Å². The van der Waals surface area contributed by atoms with E-state index < -0.39 is 0 Å². The summed E-state index contributed by atoms with van der Waals surface area (Å²) in [7, 11) is 0. The second-order valence-electron chi connectivity index (χ2n) is 2.65. The fourth-order valence-electron chi connectivity index (χ4n) is 0.972. The lowest BCUT2D eigenvalue weighted by Crippen LogP contribution is -1.98. The first kappa shape index (κ1) is 10.4. The van der Waals surface area contributed by atoms with Gasteiger partial charge < -0.3 is 0 Å². The Morgan fingerprint density at radius 1 is 1.00 bits per heavy atom. The molecular weight excluding hydrogens is 190 g/mol. The van der Waals surface area contributed by atoms with E-state index in [-0.39, 0.29) is 0 Å². The summed E-state index contributed by atoms with van der Waals surface area (Å²) in [6.07, 6.45) is 8.24. The van der Waals surface area contributed by atoms with Crippen molar-refractivity contribution in [3.63, 3.8) is 0 Å². The summed E-state index contributed by atoms with van der Waals surface area (Å²) < 4.78 is 2.97. The quantitative estimate of drug-likeness (QED) is 0.500. The molecule has 0 unspecified atom stereocenters. The van der Waals surface area contributed by atoms with Gasteiger partial charge in [0.1, 0.15) is 0 Å². The van der Waals surface area contributed by atoms with Crippen molar-refractivity contribution >= 4 is 16.1 Å². The zero-order chi connectivity index (χ0) is 7.66. The maximum atomic E-state index is 3.18. The van der Waals surface area contributed by atoms with Gasteiger partial charge in [0.05, 0.1) is 0 Å². The van der Waals surface area contributed by atoms with E-state index in [1.807, 2.05) is 0 Å². The molecule has 0 radical (unpaired) electrons. The SMILES string of the molecule is CCCCCCCCNBr. The van der Waals surface area contributed by atoms with Crippen LogP contribution in [0.3, 0.4) is 0 Å². The van der Waals surface area contributed by atoms with Crippen molar-refractivity contribution in [3.05, 3.63) is 0 Å². The third-order valence-corrected chi connectivity index (χ3v) is 2.02. The molecule has 0 spiro atoms. The van der Waals surface area contributed by atoms with Crippen LogP contribution in [0.4, 0.5) is 0 Å². The van der Waals surface area contributed by atoms with E-state index in [0.717, 1.165) is 6.54 Å². The van der Waals surface area contributed by atoms with Crippen LogP contribution in [0.5, 0.6) is 0 Å². The lowest BCUT2D eigenvalue weighted by atomic mass is 10.1. The lowest BCUT2D eigenvalue weighted by molar-refractivity contribution is 0.607. The zero-order valence-corrected chi connectivity index (χ0v) is 8.41. The second-order valence-corrected chi connectivity index (χ2v) is 3.21. The van der Waals surface area contributed by atoms with Gasteiger partial charge in [0, 0.05) is 22.7 Å². The minimum absolute atomic E-state index is 1.10. The molecule has 10 heavy (non-hydrogen) atoms. The van der Waals surface area contributed by atoms with E-state index in [0.29, 0.717) is 0 Å². The van der Waals surface area contributed by atoms with Crippen molar-refractivity contribution in [3.8, 4) is 0 Å². The van der Waals surface area contributed by atoms with Gasteiger partial charge in [0.25, 0.3) is 0 Å². The summed E-state index contributed by atoms with van der Waals surface area (Å²) in [6.45, 7) is 3.35. The first-order chi connectivity index (χ1) is 4.91. The van der Waals surface area contributed by atoms with Crippen molar-refractivity contribution in [1.82, 2.24) is 4.34 Å². The predicted molar refractivity (Wildman–Crippen MR) is 50.3 cm³/mol. The van der Waals surface area contributed by atoms with E-state index in [4.69, 9.17) is 0 Å². The van der Waals surface area contributed by atoms with Gasteiger partial charge in [-0.05, 0) is 6.42 Å². The fourth-order valence-corrected chi connectivity index (χ4v) is 1.25. The molecule has 0 rings (SSSR count). The number of unbranched alkanes of at least 4 members (excludes halogenated alkanes) is 5. The Kier molecular flexibility index (Phi) is 9.86. The third-order valence-electron chi connectivity index (χ3n) is 1.62. The molecule has 0 aliphatic heterocycles. The van der Waals surface area contributed by atoms with E-state index >= 15 is 0 Å². The van der Waals surface area contributed by atoms with Crippen LogP contribution in [0.2, 0.25) is 0 Å². The Morgan fingerprint density at radius 3 is 2.20 bits per heavy atom. The average Bonchev–Trinajstić information content (AvgIpc) is 1.97. The van der Waals surface area contributed by atoms with E-state index in [1.54, 1.807) is 0 Å². The normalized spacial score (nSPS) is 10.2. The van der Waals surface area contributed by atoms with Crippen molar-refractivity contribution < 1.29 is 0 Å². The standard InChI is InChI=1S/C8H18BrN/c1-2-3-4-5-6-7-8-10-9/h10H,2-8H2,1H3. The van der Waals surface area contributed by atoms with Crippen molar-refractivity contribution in [2.45, 2.75) is 45.4 Å². The van der Waals surface area contributed by atoms with E-state index in [1.165, 1.54) is 38.5 Å². The molecule has 0 saturated carbocycles. The molecular formula is C8H18BrN. The number of hydrogen-bond acceptors (Lipinski definition) is 1. The molecule has 0 saturated heterocycles. The minimum atomic E-state index is 1.10. The maximum Gasteiger partial charge on any atom is 0.00875 e. The van der Waals surface area contributed by atoms with Crippen LogP contribution >= 0.6 is 16.1 Å². The van der Waals surface area contributed by atoms with Gasteiger partial charge in [-0.2, -0.15) is 0 Å². The van der Waals surface area contributed by atoms with Crippen LogP contribution < -0.4 is 4.34 Å². The second kappa shape index (κ2) is 9.44. The zero-order valence-electron chi connectivity index (χ0n) is 6.83. The highest BCUT2D eigenvalue weighted by Gasteiger charge is 1.87. The highest BCUT2D eigenvalue weighted by Crippen LogP contribution is 2.03. The van der Waals surface area contributed by atoms with Gasteiger partial charge in [-0.3, -0.25) is 4.34 Å². The summed E-state index contributed by atoms with van der Waals surface area (Å²) in [4.78, 5) is 0. The topological polar surface area (TPSA) is 12.0 Å². The average molecular weight is 208 g/mol. The molecule has 0 aromatic rings. The van der Waals surface area contributed by atoms with Crippen molar-refractivity contribution in [1.29, 1.82) is 0 Å². The molecule has 1 N–H and O–H groups in total. The number of hydrogen-bond donors (Lipinski definition) is 1. The Morgan fingerprint density at radius 2 is 1.60 bits per heavy atom. The first-order valence-corrected chi connectivity index (χ1v) is 5.04. The van der Waals surface area contributed by atoms with Crippen LogP contribution in [0.1, 0.15) is 45.4 Å². The number of rotatable bonds is 7. The van der Waals surface area contributed by atoms with Crippen LogP contribution in [-0.4, -0.2) is 6.54 Å². The Bertz CT molecular complexity index is 49.2. The molecule has 62 valence electrons. The monoisotopic (exact) mass is 207 g/mol. The smallest absolute Gasteiger partial charge is 0.00875 e. The molecule has 0 aliphatic rings. The number of halogens is 1. The highest BCUT2D eigenvalue weighted by atomic mass is 79.9. The van der Waals surface area contributed by atoms with Crippen LogP contribution in [0.25, 0.3) is 0 Å². The van der Waals surface area contributed by atoms with Crippen molar-refractivity contribution in [2.24, 2.45) is 0 Å². The summed E-state index contributed by atoms with van der Waals surface area (Å²) in [5, 5.41) is 0. The van der Waals surface area contributed by atoms with Gasteiger partial charge in [-0.1, -0.05) is 39.0 Å². The molecule has 0 aromatic carbocycles. The fraction of sp³-hybridized carbons (Fsp3) is 1.00. The van der Waals surface area contributed by atoms with Gasteiger partial charge in [-0.15, -0.1) is 0 Å². The van der Waals surface area contributed by atoms with Crippen LogP contribution in [0, 0.1) is 0 Å². The first-order valence-electron chi connectivity index (χ1n) is 4.25. The summed E-state index contributed by atoms with van der Waals surface area (Å²) in [6, 6.07) is 0. The lowest BCUT2D eigenvalue weighted by Gasteiger charge is -1.97. The summed E-state index contributed by atoms with van der Waals surface area (Å²) >= 11 is 3.18. The Labute approximate surface area is 72.9 Å². The largest absolute Gasteiger partial charge is 0.256 e. The number of nitrogens with one attached hydrogen (secondary N) is 1. The molecule has 0 atom stereocenters. The molecule has 0 aromatic heterocycles. The maximum absolute atomic E-state index is 3.18. The highest BCUT2D eigenvalue weighted by molar-refractivity contribution is 9.08. The minimum Gasteiger partial charge on any atom is -0.256 e. The third kappa shape index (κ3) is 8.44. The molecule has 1 nitrogen and oxygen atoms in total. The van der Waals surface area contributed by atoms with Gasteiger partial charge >= 0.3 is 0 Å². The van der Waals surface area contributed by atoms with Gasteiger partial charge in [0.2, 0.25) is 0 Å². The summed E-state index contributed by atoms with van der Waals surface area (Å²) in [5.74, 6) is 0. The predicted octanol–water partition coefficient (Wildman–Crippen LogP) is 3.25. The Balaban J connectivity index is 2.65. The molecule has 0 aliphatic carbocycles. The molecule has 2 heteroatoms. The Hall–Kier alpha value is 0.440. The molecule has 0 fully saturated rings. The van der Waals surface area contributed by atoms with Crippen LogP contribution in [0.15, 0.2) is 0 Å². The molecule has 0 amide bonds. The molecule has 0 heterocycles. The van der Waals surface area contributed by atoms with E-state index in [9.17, 15) is 0 Å².